The van der Waals surface area contributed by atoms with E-state index in [1.165, 1.54) is 37.9 Å². The normalized spacial score (nSPS) is 16.9. The standard InChI is InChI=1S/C19H35N5O/c1-6-16-15(17(7-2)25-23-16)13-21-18(20-5)22-14-19(3,4)24-11-9-8-10-12-24/h6-14H2,1-5H3,(H2,20,21,22). The van der Waals surface area contributed by atoms with E-state index in [0.29, 0.717) is 6.54 Å². The van der Waals surface area contributed by atoms with E-state index in [1.807, 2.05) is 7.05 Å². The largest absolute Gasteiger partial charge is 0.361 e. The smallest absolute Gasteiger partial charge is 0.191 e. The maximum Gasteiger partial charge on any atom is 0.191 e. The molecule has 1 aromatic rings. The van der Waals surface area contributed by atoms with E-state index >= 15 is 0 Å². The molecule has 25 heavy (non-hydrogen) atoms. The first-order valence-corrected chi connectivity index (χ1v) is 9.67. The number of nitrogens with zero attached hydrogens (tertiary/aromatic N) is 3. The molecule has 2 rings (SSSR count). The summed E-state index contributed by atoms with van der Waals surface area (Å²) in [5.74, 6) is 1.80. The van der Waals surface area contributed by atoms with Gasteiger partial charge >= 0.3 is 0 Å². The maximum atomic E-state index is 5.44. The summed E-state index contributed by atoms with van der Waals surface area (Å²) in [5, 5.41) is 11.1. The zero-order chi connectivity index (χ0) is 18.3. The molecule has 0 amide bonds. The van der Waals surface area contributed by atoms with Gasteiger partial charge in [-0.05, 0) is 46.2 Å². The van der Waals surface area contributed by atoms with Gasteiger partial charge in [-0.2, -0.15) is 0 Å². The van der Waals surface area contributed by atoms with E-state index < -0.39 is 0 Å². The number of piperidine rings is 1. The second-order valence-electron chi connectivity index (χ2n) is 7.38. The fourth-order valence-corrected chi connectivity index (χ4v) is 3.44. The molecule has 0 spiro atoms. The molecule has 6 nitrogen and oxygen atoms in total. The van der Waals surface area contributed by atoms with Crippen molar-refractivity contribution in [2.45, 2.75) is 71.9 Å². The van der Waals surface area contributed by atoms with E-state index in [2.05, 4.69) is 53.4 Å². The first kappa shape index (κ1) is 19.8. The number of hydrogen-bond donors (Lipinski definition) is 2. The highest BCUT2D eigenvalue weighted by atomic mass is 16.5. The Kier molecular flexibility index (Phi) is 7.29. The van der Waals surface area contributed by atoms with Gasteiger partial charge in [0.1, 0.15) is 5.76 Å². The van der Waals surface area contributed by atoms with Crippen LogP contribution in [-0.2, 0) is 19.4 Å². The summed E-state index contributed by atoms with van der Waals surface area (Å²) >= 11 is 0. The van der Waals surface area contributed by atoms with Crippen LogP contribution in [-0.4, -0.2) is 48.2 Å². The Bertz CT molecular complexity index is 537. The Morgan fingerprint density at radius 3 is 2.48 bits per heavy atom. The molecular formula is C19H35N5O. The number of hydrogen-bond acceptors (Lipinski definition) is 4. The maximum absolute atomic E-state index is 5.44. The van der Waals surface area contributed by atoms with Crippen LogP contribution >= 0.6 is 0 Å². The third-order valence-corrected chi connectivity index (χ3v) is 5.16. The minimum absolute atomic E-state index is 0.123. The van der Waals surface area contributed by atoms with Crippen LogP contribution in [0, 0.1) is 0 Å². The lowest BCUT2D eigenvalue weighted by Crippen LogP contribution is -2.54. The van der Waals surface area contributed by atoms with Gasteiger partial charge in [0.2, 0.25) is 0 Å². The highest BCUT2D eigenvalue weighted by Gasteiger charge is 2.28. The third-order valence-electron chi connectivity index (χ3n) is 5.16. The van der Waals surface area contributed by atoms with Gasteiger partial charge in [-0.1, -0.05) is 25.4 Å². The SMILES string of the molecule is CCc1noc(CC)c1CNC(=NC)NCC(C)(C)N1CCCCC1. The summed E-state index contributed by atoms with van der Waals surface area (Å²) in [5.41, 5.74) is 2.33. The van der Waals surface area contributed by atoms with Crippen molar-refractivity contribution < 1.29 is 4.52 Å². The monoisotopic (exact) mass is 349 g/mol. The highest BCUT2D eigenvalue weighted by Crippen LogP contribution is 2.20. The molecule has 0 atom stereocenters. The van der Waals surface area contributed by atoms with Gasteiger partial charge in [-0.3, -0.25) is 9.89 Å². The summed E-state index contributed by atoms with van der Waals surface area (Å²) in [6.07, 6.45) is 5.72. The van der Waals surface area contributed by atoms with Gasteiger partial charge in [-0.15, -0.1) is 0 Å². The Hall–Kier alpha value is -1.56. The molecule has 1 aromatic heterocycles. The van der Waals surface area contributed by atoms with Crippen molar-refractivity contribution in [3.63, 3.8) is 0 Å². The van der Waals surface area contributed by atoms with Crippen molar-refractivity contribution in [3.8, 4) is 0 Å². The average Bonchev–Trinajstić information content (AvgIpc) is 3.04. The topological polar surface area (TPSA) is 65.7 Å². The number of likely N-dealkylation sites (tertiary alicyclic amines) is 1. The molecule has 2 N–H and O–H groups in total. The lowest BCUT2D eigenvalue weighted by molar-refractivity contribution is 0.0982. The third kappa shape index (κ3) is 5.21. The Morgan fingerprint density at radius 2 is 1.88 bits per heavy atom. The fourth-order valence-electron chi connectivity index (χ4n) is 3.44. The molecule has 6 heteroatoms. The second kappa shape index (κ2) is 9.22. The van der Waals surface area contributed by atoms with Crippen LogP contribution in [0.5, 0.6) is 0 Å². The molecule has 0 unspecified atom stereocenters. The zero-order valence-corrected chi connectivity index (χ0v) is 16.6. The van der Waals surface area contributed by atoms with E-state index in [0.717, 1.165) is 36.8 Å². The first-order chi connectivity index (χ1) is 12.0. The van der Waals surface area contributed by atoms with Crippen molar-refractivity contribution in [3.05, 3.63) is 17.0 Å². The van der Waals surface area contributed by atoms with E-state index in [-0.39, 0.29) is 5.54 Å². The molecule has 0 radical (unpaired) electrons. The van der Waals surface area contributed by atoms with Crippen molar-refractivity contribution in [1.29, 1.82) is 0 Å². The van der Waals surface area contributed by atoms with Gasteiger partial charge in [0.25, 0.3) is 0 Å². The van der Waals surface area contributed by atoms with Gasteiger partial charge in [0.15, 0.2) is 5.96 Å². The van der Waals surface area contributed by atoms with E-state index in [4.69, 9.17) is 4.52 Å². The second-order valence-corrected chi connectivity index (χ2v) is 7.38. The van der Waals surface area contributed by atoms with E-state index in [9.17, 15) is 0 Å². The molecule has 0 aromatic carbocycles. The highest BCUT2D eigenvalue weighted by molar-refractivity contribution is 5.79. The molecular weight excluding hydrogens is 314 g/mol. The van der Waals surface area contributed by atoms with Crippen LogP contribution in [0.3, 0.4) is 0 Å². The summed E-state index contributed by atoms with van der Waals surface area (Å²) in [7, 11) is 1.82. The Morgan fingerprint density at radius 1 is 1.16 bits per heavy atom. The van der Waals surface area contributed by atoms with Gasteiger partial charge in [0, 0.05) is 37.7 Å². The number of rotatable bonds is 7. The number of aromatic nitrogens is 1. The predicted molar refractivity (Wildman–Crippen MR) is 103 cm³/mol. The van der Waals surface area contributed by atoms with Crippen LogP contribution in [0.1, 0.15) is 64.0 Å². The van der Waals surface area contributed by atoms with Crippen molar-refractivity contribution >= 4 is 5.96 Å². The zero-order valence-electron chi connectivity index (χ0n) is 16.6. The number of aryl methyl sites for hydroxylation is 2. The lowest BCUT2D eigenvalue weighted by atomic mass is 9.98. The van der Waals surface area contributed by atoms with Crippen LogP contribution in [0.2, 0.25) is 0 Å². The molecule has 142 valence electrons. The molecule has 0 aliphatic carbocycles. The van der Waals surface area contributed by atoms with Crippen molar-refractivity contribution in [2.75, 3.05) is 26.7 Å². The molecule has 1 aliphatic rings. The van der Waals surface area contributed by atoms with Crippen LogP contribution in [0.15, 0.2) is 9.52 Å². The number of nitrogens with one attached hydrogen (secondary N) is 2. The first-order valence-electron chi connectivity index (χ1n) is 9.67. The number of guanidine groups is 1. The summed E-state index contributed by atoms with van der Waals surface area (Å²) < 4.78 is 5.44. The summed E-state index contributed by atoms with van der Waals surface area (Å²) in [6.45, 7) is 12.8. The van der Waals surface area contributed by atoms with Crippen molar-refractivity contribution in [1.82, 2.24) is 20.7 Å². The molecule has 2 heterocycles. The molecule has 0 saturated carbocycles. The van der Waals surface area contributed by atoms with Gasteiger partial charge in [-0.25, -0.2) is 0 Å². The molecule has 0 bridgehead atoms. The summed E-state index contributed by atoms with van der Waals surface area (Å²) in [6, 6.07) is 0. The van der Waals surface area contributed by atoms with Gasteiger partial charge in [0.05, 0.1) is 5.69 Å². The average molecular weight is 350 g/mol. The molecule has 1 fully saturated rings. The Labute approximate surface area is 152 Å². The van der Waals surface area contributed by atoms with Crippen LogP contribution < -0.4 is 10.6 Å². The lowest BCUT2D eigenvalue weighted by Gasteiger charge is -2.41. The van der Waals surface area contributed by atoms with Crippen molar-refractivity contribution in [2.24, 2.45) is 4.99 Å². The summed E-state index contributed by atoms with van der Waals surface area (Å²) in [4.78, 5) is 6.96. The van der Waals surface area contributed by atoms with E-state index in [1.54, 1.807) is 0 Å². The predicted octanol–water partition coefficient (Wildman–Crippen LogP) is 2.73. The quantitative estimate of drug-likeness (QED) is 0.585. The van der Waals surface area contributed by atoms with Crippen LogP contribution in [0.4, 0.5) is 0 Å². The molecule has 1 saturated heterocycles. The minimum Gasteiger partial charge on any atom is -0.361 e. The number of aliphatic imine (C=N–C) groups is 1. The Balaban J connectivity index is 1.89. The van der Waals surface area contributed by atoms with Gasteiger partial charge < -0.3 is 15.2 Å². The van der Waals surface area contributed by atoms with Crippen LogP contribution in [0.25, 0.3) is 0 Å². The fraction of sp³-hybridized carbons (Fsp3) is 0.789. The molecule has 1 aliphatic heterocycles. The minimum atomic E-state index is 0.123.